The van der Waals surface area contributed by atoms with Gasteiger partial charge in [0.05, 0.1) is 7.11 Å². The molecule has 1 aliphatic rings. The van der Waals surface area contributed by atoms with E-state index >= 15 is 0 Å². The zero-order chi connectivity index (χ0) is 24.5. The first-order valence-corrected chi connectivity index (χ1v) is 11.4. The number of carbonyl (C=O) groups excluding carboxylic acids is 3. The first kappa shape index (κ1) is 22.3. The van der Waals surface area contributed by atoms with Gasteiger partial charge in [0.25, 0.3) is 17.7 Å². The summed E-state index contributed by atoms with van der Waals surface area (Å²) < 4.78 is 5.20. The quantitative estimate of drug-likeness (QED) is 0.373. The van der Waals surface area contributed by atoms with E-state index in [2.05, 4.69) is 0 Å². The predicted octanol–water partition coefficient (Wildman–Crippen LogP) is 5.10. The van der Waals surface area contributed by atoms with Crippen molar-refractivity contribution in [3.63, 3.8) is 0 Å². The Labute approximate surface area is 203 Å². The van der Waals surface area contributed by atoms with E-state index in [1.807, 2.05) is 55.5 Å². The minimum absolute atomic E-state index is 0.0676. The maximum Gasteiger partial charge on any atom is 0.261 e. The minimum atomic E-state index is -0.347. The van der Waals surface area contributed by atoms with Gasteiger partial charge in [-0.25, -0.2) is 0 Å². The van der Waals surface area contributed by atoms with Gasteiger partial charge in [0.15, 0.2) is 0 Å². The number of anilines is 1. The van der Waals surface area contributed by atoms with Gasteiger partial charge < -0.3 is 9.64 Å². The smallest absolute Gasteiger partial charge is 0.261 e. The van der Waals surface area contributed by atoms with Gasteiger partial charge in [-0.1, -0.05) is 42.0 Å². The fraction of sp³-hybridized carbons (Fsp3) is 0.138. The Balaban J connectivity index is 1.46. The Morgan fingerprint density at radius 1 is 0.829 bits per heavy atom. The van der Waals surface area contributed by atoms with Gasteiger partial charge in [-0.2, -0.15) is 0 Å². The molecule has 0 aliphatic carbocycles. The van der Waals surface area contributed by atoms with Crippen LogP contribution in [0.3, 0.4) is 0 Å². The topological polar surface area (TPSA) is 66.9 Å². The number of hydrogen-bond acceptors (Lipinski definition) is 4. The van der Waals surface area contributed by atoms with Crippen LogP contribution in [0.5, 0.6) is 5.75 Å². The van der Waals surface area contributed by atoms with Gasteiger partial charge in [-0.15, -0.1) is 0 Å². The molecular weight excluding hydrogens is 440 g/mol. The number of aryl methyl sites for hydroxylation is 1. The van der Waals surface area contributed by atoms with Crippen molar-refractivity contribution in [1.82, 2.24) is 4.90 Å². The summed E-state index contributed by atoms with van der Waals surface area (Å²) in [7, 11) is 1.57. The van der Waals surface area contributed by atoms with E-state index in [9.17, 15) is 14.4 Å². The summed E-state index contributed by atoms with van der Waals surface area (Å²) in [6.45, 7) is 2.20. The third-order valence-electron chi connectivity index (χ3n) is 6.33. The largest absolute Gasteiger partial charge is 0.497 e. The molecule has 0 spiro atoms. The van der Waals surface area contributed by atoms with Crippen LogP contribution in [0, 0.1) is 6.92 Å². The highest BCUT2D eigenvalue weighted by Gasteiger charge is 2.33. The fourth-order valence-corrected chi connectivity index (χ4v) is 4.45. The summed E-state index contributed by atoms with van der Waals surface area (Å²) in [4.78, 5) is 43.0. The second-order valence-electron chi connectivity index (χ2n) is 8.49. The van der Waals surface area contributed by atoms with Gasteiger partial charge >= 0.3 is 0 Å². The van der Waals surface area contributed by atoms with E-state index in [4.69, 9.17) is 4.74 Å². The summed E-state index contributed by atoms with van der Waals surface area (Å²) in [6, 6.07) is 25.4. The van der Waals surface area contributed by atoms with Crippen molar-refractivity contribution in [2.24, 2.45) is 0 Å². The third kappa shape index (κ3) is 4.04. The second kappa shape index (κ2) is 9.06. The van der Waals surface area contributed by atoms with Crippen molar-refractivity contribution in [1.29, 1.82) is 0 Å². The lowest BCUT2D eigenvalue weighted by Gasteiger charge is -2.30. The number of benzene rings is 4. The standard InChI is InChI=1S/C29H24N2O4/c1-19-9-13-22(14-10-19)30(27(32)21-11-15-23(35-2)16-12-21)17-18-31-28(33)24-7-3-5-20-6-4-8-25(26(20)24)29(31)34/h3-16H,17-18H2,1-2H3. The highest BCUT2D eigenvalue weighted by molar-refractivity contribution is 6.25. The first-order chi connectivity index (χ1) is 17.0. The van der Waals surface area contributed by atoms with Crippen LogP contribution in [0.25, 0.3) is 10.8 Å². The predicted molar refractivity (Wildman–Crippen MR) is 135 cm³/mol. The number of rotatable bonds is 6. The van der Waals surface area contributed by atoms with E-state index in [1.165, 1.54) is 4.90 Å². The number of imide groups is 1. The molecule has 3 amide bonds. The zero-order valence-corrected chi connectivity index (χ0v) is 19.5. The number of carbonyl (C=O) groups is 3. The molecular formula is C29H24N2O4. The van der Waals surface area contributed by atoms with Gasteiger partial charge in [0.2, 0.25) is 0 Å². The van der Waals surface area contributed by atoms with Crippen molar-refractivity contribution in [3.05, 3.63) is 107 Å². The molecule has 35 heavy (non-hydrogen) atoms. The minimum Gasteiger partial charge on any atom is -0.497 e. The van der Waals surface area contributed by atoms with E-state index in [-0.39, 0.29) is 30.8 Å². The van der Waals surface area contributed by atoms with Gasteiger partial charge in [-0.3, -0.25) is 19.3 Å². The van der Waals surface area contributed by atoms with Crippen LogP contribution in [-0.2, 0) is 0 Å². The number of amides is 3. The van der Waals surface area contributed by atoms with Crippen LogP contribution in [0.1, 0.15) is 36.6 Å². The summed E-state index contributed by atoms with van der Waals surface area (Å²) in [5, 5.41) is 1.54. The molecule has 0 fully saturated rings. The Kier molecular flexibility index (Phi) is 5.79. The molecule has 174 valence electrons. The summed E-state index contributed by atoms with van der Waals surface area (Å²) in [5.74, 6) is -0.267. The average molecular weight is 465 g/mol. The molecule has 6 heteroatoms. The van der Waals surface area contributed by atoms with E-state index in [0.29, 0.717) is 33.5 Å². The van der Waals surface area contributed by atoms with E-state index < -0.39 is 0 Å². The first-order valence-electron chi connectivity index (χ1n) is 11.4. The number of nitrogens with zero attached hydrogens (tertiary/aromatic N) is 2. The fourth-order valence-electron chi connectivity index (χ4n) is 4.45. The summed E-state index contributed by atoms with van der Waals surface area (Å²) in [6.07, 6.45) is 0. The van der Waals surface area contributed by atoms with Crippen molar-refractivity contribution in [2.45, 2.75) is 6.92 Å². The molecule has 0 aromatic heterocycles. The maximum absolute atomic E-state index is 13.5. The lowest BCUT2D eigenvalue weighted by atomic mass is 9.94. The van der Waals surface area contributed by atoms with Crippen molar-refractivity contribution >= 4 is 34.2 Å². The van der Waals surface area contributed by atoms with Gasteiger partial charge in [-0.05, 0) is 60.8 Å². The SMILES string of the molecule is COc1ccc(C(=O)N(CCN2C(=O)c3cccc4cccc(c34)C2=O)c2ccc(C)cc2)cc1. The molecule has 0 radical (unpaired) electrons. The molecule has 0 unspecified atom stereocenters. The van der Waals surface area contributed by atoms with E-state index in [1.54, 1.807) is 48.4 Å². The molecule has 5 rings (SSSR count). The molecule has 0 saturated heterocycles. The molecule has 6 nitrogen and oxygen atoms in total. The van der Waals surface area contributed by atoms with E-state index in [0.717, 1.165) is 10.9 Å². The van der Waals surface area contributed by atoms with Crippen LogP contribution in [0.15, 0.2) is 84.9 Å². The Morgan fingerprint density at radius 3 is 2.00 bits per heavy atom. The highest BCUT2D eigenvalue weighted by atomic mass is 16.5. The lowest BCUT2D eigenvalue weighted by Crippen LogP contribution is -2.46. The normalized spacial score (nSPS) is 12.7. The maximum atomic E-state index is 13.5. The molecule has 0 bridgehead atoms. The van der Waals surface area contributed by atoms with Crippen LogP contribution in [-0.4, -0.2) is 42.8 Å². The Bertz CT molecular complexity index is 1390. The molecule has 4 aromatic carbocycles. The van der Waals surface area contributed by atoms with Crippen molar-refractivity contribution < 1.29 is 19.1 Å². The zero-order valence-electron chi connectivity index (χ0n) is 19.5. The van der Waals surface area contributed by atoms with Crippen LogP contribution in [0.2, 0.25) is 0 Å². The van der Waals surface area contributed by atoms with Crippen LogP contribution in [0.4, 0.5) is 5.69 Å². The highest BCUT2D eigenvalue weighted by Crippen LogP contribution is 2.30. The van der Waals surface area contributed by atoms with Crippen LogP contribution < -0.4 is 9.64 Å². The van der Waals surface area contributed by atoms with Crippen molar-refractivity contribution in [3.8, 4) is 5.75 Å². The van der Waals surface area contributed by atoms with Gasteiger partial charge in [0.1, 0.15) is 5.75 Å². The molecule has 0 atom stereocenters. The summed E-state index contributed by atoms with van der Waals surface area (Å²) >= 11 is 0. The number of methoxy groups -OCH3 is 1. The molecule has 1 aliphatic heterocycles. The lowest BCUT2D eigenvalue weighted by molar-refractivity contribution is 0.0611. The Hall–Kier alpha value is -4.45. The molecule has 0 saturated carbocycles. The van der Waals surface area contributed by atoms with Crippen LogP contribution >= 0.6 is 0 Å². The number of ether oxygens (including phenoxy) is 1. The molecule has 0 N–H and O–H groups in total. The Morgan fingerprint density at radius 2 is 1.43 bits per heavy atom. The van der Waals surface area contributed by atoms with Crippen molar-refractivity contribution in [2.75, 3.05) is 25.1 Å². The second-order valence-corrected chi connectivity index (χ2v) is 8.49. The molecule has 4 aromatic rings. The third-order valence-corrected chi connectivity index (χ3v) is 6.33. The summed E-state index contributed by atoms with van der Waals surface area (Å²) in [5.41, 5.74) is 3.24. The average Bonchev–Trinajstić information content (AvgIpc) is 2.89. The van der Waals surface area contributed by atoms with Gasteiger partial charge in [0, 0.05) is 40.9 Å². The number of hydrogen-bond donors (Lipinski definition) is 0. The molecule has 1 heterocycles. The monoisotopic (exact) mass is 464 g/mol.